The van der Waals surface area contributed by atoms with E-state index in [1.807, 2.05) is 84.9 Å². The second-order valence-corrected chi connectivity index (χ2v) is 6.64. The lowest BCUT2D eigenvalue weighted by Gasteiger charge is -1.93. The highest BCUT2D eigenvalue weighted by atomic mass is 79.9. The van der Waals surface area contributed by atoms with Crippen LogP contribution in [0.3, 0.4) is 0 Å². The topological polar surface area (TPSA) is 38.4 Å². The molecule has 4 aromatic rings. The van der Waals surface area contributed by atoms with Gasteiger partial charge < -0.3 is 4.42 Å². The van der Waals surface area contributed by atoms with Gasteiger partial charge >= 0.3 is 0 Å². The van der Waals surface area contributed by atoms with Gasteiger partial charge in [0.2, 0.25) is 5.89 Å². The lowest BCUT2D eigenvalue weighted by Crippen LogP contribution is -1.75. The molecule has 0 aliphatic rings. The van der Waals surface area contributed by atoms with Gasteiger partial charge in [-0.15, -0.1) is 0 Å². The second kappa shape index (κ2) is 7.50. The number of rotatable bonds is 4. The molecule has 0 aliphatic carbocycles. The first-order valence-corrected chi connectivity index (χ1v) is 8.99. The van der Waals surface area contributed by atoms with E-state index >= 15 is 0 Å². The summed E-state index contributed by atoms with van der Waals surface area (Å²) in [6.07, 6.45) is 5.71. The third kappa shape index (κ3) is 3.81. The SMILES string of the molecule is Brc1ccc(C=CC=Nc2ccc3oc(-c4ccccc4)nc3c2)cc1. The molecule has 0 saturated heterocycles. The Morgan fingerprint density at radius 1 is 0.923 bits per heavy atom. The van der Waals surface area contributed by atoms with Crippen LogP contribution in [0, 0.1) is 0 Å². The van der Waals surface area contributed by atoms with Gasteiger partial charge in [-0.3, -0.25) is 4.99 Å². The first-order chi connectivity index (χ1) is 12.8. The maximum absolute atomic E-state index is 5.82. The van der Waals surface area contributed by atoms with Crippen molar-refractivity contribution in [3.05, 3.63) is 88.9 Å². The zero-order chi connectivity index (χ0) is 17.8. The lowest BCUT2D eigenvalue weighted by molar-refractivity contribution is 0.620. The fourth-order valence-electron chi connectivity index (χ4n) is 2.56. The smallest absolute Gasteiger partial charge is 0.227 e. The lowest BCUT2D eigenvalue weighted by atomic mass is 10.2. The summed E-state index contributed by atoms with van der Waals surface area (Å²) in [4.78, 5) is 9.03. The van der Waals surface area contributed by atoms with Gasteiger partial charge in [-0.25, -0.2) is 4.98 Å². The van der Waals surface area contributed by atoms with Gasteiger partial charge in [0.1, 0.15) is 5.52 Å². The largest absolute Gasteiger partial charge is 0.436 e. The molecule has 0 fully saturated rings. The number of aromatic nitrogens is 1. The molecule has 0 radical (unpaired) electrons. The summed E-state index contributed by atoms with van der Waals surface area (Å²) in [7, 11) is 0. The fourth-order valence-corrected chi connectivity index (χ4v) is 2.82. The average molecular weight is 403 g/mol. The number of aliphatic imine (C=N–C) groups is 1. The minimum atomic E-state index is 0.622. The molecule has 0 aliphatic heterocycles. The van der Waals surface area contributed by atoms with E-state index in [0.29, 0.717) is 5.89 Å². The van der Waals surface area contributed by atoms with Crippen molar-refractivity contribution in [2.45, 2.75) is 0 Å². The third-order valence-electron chi connectivity index (χ3n) is 3.86. The molecule has 0 N–H and O–H groups in total. The van der Waals surface area contributed by atoms with Gasteiger partial charge in [0, 0.05) is 16.3 Å². The normalized spacial score (nSPS) is 11.7. The highest BCUT2D eigenvalue weighted by Crippen LogP contribution is 2.26. The zero-order valence-corrected chi connectivity index (χ0v) is 15.4. The Balaban J connectivity index is 1.52. The molecule has 1 heterocycles. The molecule has 4 heteroatoms. The number of allylic oxidation sites excluding steroid dienone is 1. The van der Waals surface area contributed by atoms with Gasteiger partial charge in [-0.2, -0.15) is 0 Å². The van der Waals surface area contributed by atoms with Crippen molar-refractivity contribution in [3.8, 4) is 11.5 Å². The van der Waals surface area contributed by atoms with E-state index < -0.39 is 0 Å². The molecule has 0 unspecified atom stereocenters. The van der Waals surface area contributed by atoms with Crippen LogP contribution in [0.4, 0.5) is 5.69 Å². The summed E-state index contributed by atoms with van der Waals surface area (Å²) in [5.74, 6) is 0.622. The van der Waals surface area contributed by atoms with Crippen LogP contribution < -0.4 is 0 Å². The molecule has 126 valence electrons. The van der Waals surface area contributed by atoms with Crippen LogP contribution in [0.25, 0.3) is 28.6 Å². The summed E-state index contributed by atoms with van der Waals surface area (Å²) >= 11 is 3.43. The molecule has 1 aromatic heterocycles. The second-order valence-electron chi connectivity index (χ2n) is 5.73. The number of hydrogen-bond acceptors (Lipinski definition) is 3. The Morgan fingerprint density at radius 2 is 1.73 bits per heavy atom. The predicted molar refractivity (Wildman–Crippen MR) is 111 cm³/mol. The van der Waals surface area contributed by atoms with Crippen molar-refractivity contribution in [2.24, 2.45) is 4.99 Å². The Labute approximate surface area is 159 Å². The first kappa shape index (κ1) is 16.5. The maximum Gasteiger partial charge on any atom is 0.227 e. The highest BCUT2D eigenvalue weighted by molar-refractivity contribution is 9.10. The molecule has 3 nitrogen and oxygen atoms in total. The Kier molecular flexibility index (Phi) is 4.75. The number of benzene rings is 3. The fraction of sp³-hybridized carbons (Fsp3) is 0. The number of oxazole rings is 1. The average Bonchev–Trinajstić information content (AvgIpc) is 3.11. The van der Waals surface area contributed by atoms with E-state index in [9.17, 15) is 0 Å². The summed E-state index contributed by atoms with van der Waals surface area (Å²) in [5.41, 5.74) is 4.49. The Hall–Kier alpha value is -2.98. The maximum atomic E-state index is 5.82. The van der Waals surface area contributed by atoms with E-state index in [-0.39, 0.29) is 0 Å². The van der Waals surface area contributed by atoms with E-state index in [1.165, 1.54) is 0 Å². The van der Waals surface area contributed by atoms with Crippen LogP contribution in [-0.4, -0.2) is 11.2 Å². The standard InChI is InChI=1S/C22H15BrN2O/c23-18-10-8-16(9-11-18)5-4-14-24-19-12-13-21-20(15-19)25-22(26-21)17-6-2-1-3-7-17/h1-15H. The van der Waals surface area contributed by atoms with Crippen LogP contribution in [0.15, 0.2) is 92.8 Å². The zero-order valence-electron chi connectivity index (χ0n) is 13.8. The van der Waals surface area contributed by atoms with Gasteiger partial charge in [-0.1, -0.05) is 52.3 Å². The van der Waals surface area contributed by atoms with Crippen molar-refractivity contribution >= 4 is 45.0 Å². The van der Waals surface area contributed by atoms with E-state index in [2.05, 4.69) is 25.9 Å². The van der Waals surface area contributed by atoms with Gasteiger partial charge in [0.15, 0.2) is 5.58 Å². The monoisotopic (exact) mass is 402 g/mol. The molecule has 3 aromatic carbocycles. The molecule has 0 atom stereocenters. The molecular formula is C22H15BrN2O. The number of nitrogens with zero attached hydrogens (tertiary/aromatic N) is 2. The van der Waals surface area contributed by atoms with Gasteiger partial charge in [-0.05, 0) is 54.1 Å². The minimum Gasteiger partial charge on any atom is -0.436 e. The molecule has 0 bridgehead atoms. The van der Waals surface area contributed by atoms with Crippen molar-refractivity contribution in [1.82, 2.24) is 4.98 Å². The molecule has 4 rings (SSSR count). The quantitative estimate of drug-likeness (QED) is 0.357. The van der Waals surface area contributed by atoms with Crippen LogP contribution in [0.2, 0.25) is 0 Å². The summed E-state index contributed by atoms with van der Waals surface area (Å²) in [6.45, 7) is 0. The van der Waals surface area contributed by atoms with Crippen molar-refractivity contribution in [2.75, 3.05) is 0 Å². The van der Waals surface area contributed by atoms with Crippen LogP contribution in [0.5, 0.6) is 0 Å². The van der Waals surface area contributed by atoms with Gasteiger partial charge in [0.25, 0.3) is 0 Å². The number of halogens is 1. The van der Waals surface area contributed by atoms with Crippen LogP contribution >= 0.6 is 15.9 Å². The molecule has 0 amide bonds. The predicted octanol–water partition coefficient (Wildman–Crippen LogP) is 6.67. The highest BCUT2D eigenvalue weighted by Gasteiger charge is 2.07. The minimum absolute atomic E-state index is 0.622. The Bertz CT molecular complexity index is 1080. The molecule has 26 heavy (non-hydrogen) atoms. The van der Waals surface area contributed by atoms with Crippen molar-refractivity contribution in [3.63, 3.8) is 0 Å². The summed E-state index contributed by atoms with van der Waals surface area (Å²) in [5, 5.41) is 0. The third-order valence-corrected chi connectivity index (χ3v) is 4.39. The van der Waals surface area contributed by atoms with E-state index in [0.717, 1.165) is 32.4 Å². The first-order valence-electron chi connectivity index (χ1n) is 8.20. The van der Waals surface area contributed by atoms with Gasteiger partial charge in [0.05, 0.1) is 5.69 Å². The summed E-state index contributed by atoms with van der Waals surface area (Å²) < 4.78 is 6.89. The van der Waals surface area contributed by atoms with Crippen LogP contribution in [-0.2, 0) is 0 Å². The Morgan fingerprint density at radius 3 is 2.54 bits per heavy atom. The number of hydrogen-bond donors (Lipinski definition) is 0. The molecule has 0 spiro atoms. The molecular weight excluding hydrogens is 388 g/mol. The van der Waals surface area contributed by atoms with E-state index in [4.69, 9.17) is 4.42 Å². The summed E-state index contributed by atoms with van der Waals surface area (Å²) in [6, 6.07) is 23.7. The van der Waals surface area contributed by atoms with E-state index in [1.54, 1.807) is 6.21 Å². The molecule has 0 saturated carbocycles. The van der Waals surface area contributed by atoms with Crippen molar-refractivity contribution in [1.29, 1.82) is 0 Å². The van der Waals surface area contributed by atoms with Crippen molar-refractivity contribution < 1.29 is 4.42 Å². The number of fused-ring (bicyclic) bond motifs is 1. The van der Waals surface area contributed by atoms with Crippen LogP contribution in [0.1, 0.15) is 5.56 Å².